The van der Waals surface area contributed by atoms with Gasteiger partial charge in [0.05, 0.1) is 5.41 Å². The van der Waals surface area contributed by atoms with Gasteiger partial charge in [-0.15, -0.1) is 0 Å². The van der Waals surface area contributed by atoms with Gasteiger partial charge >= 0.3 is 0 Å². The fraction of sp³-hybridized carbons (Fsp3) is 0.0625. The van der Waals surface area contributed by atoms with Gasteiger partial charge in [0.15, 0.2) is 0 Å². The number of rotatable bonds is 2. The highest BCUT2D eigenvalue weighted by molar-refractivity contribution is 5.91. The van der Waals surface area contributed by atoms with E-state index in [9.17, 15) is 0 Å². The van der Waals surface area contributed by atoms with Crippen molar-refractivity contribution in [1.82, 2.24) is 0 Å². The lowest BCUT2D eigenvalue weighted by Crippen LogP contribution is -2.28. The van der Waals surface area contributed by atoms with Crippen LogP contribution in [0.2, 0.25) is 0 Å². The monoisotopic (exact) mass is 406 g/mol. The fourth-order valence-electron chi connectivity index (χ4n) is 6.07. The molecular weight excluding hydrogens is 384 g/mol. The highest BCUT2D eigenvalue weighted by atomic mass is 14.5. The Kier molecular flexibility index (Phi) is 3.63. The lowest BCUT2D eigenvalue weighted by molar-refractivity contribution is 0.767. The molecule has 2 aliphatic rings. The average Bonchev–Trinajstić information content (AvgIpc) is 3.37. The largest absolute Gasteiger partial charge is 0.0713 e. The molecule has 5 aromatic carbocycles. The summed E-state index contributed by atoms with van der Waals surface area (Å²) in [7, 11) is 0. The molecule has 0 unspecified atom stereocenters. The van der Waals surface area contributed by atoms with Gasteiger partial charge in [-0.2, -0.15) is 0 Å². The van der Waals surface area contributed by atoms with Crippen LogP contribution in [0.4, 0.5) is 0 Å². The zero-order valence-electron chi connectivity index (χ0n) is 17.8. The summed E-state index contributed by atoms with van der Waals surface area (Å²) in [6, 6.07) is 44.9. The van der Waals surface area contributed by atoms with Crippen LogP contribution < -0.4 is 0 Å². The molecule has 0 aliphatic heterocycles. The van der Waals surface area contributed by atoms with Crippen LogP contribution in [0.15, 0.2) is 121 Å². The van der Waals surface area contributed by atoms with E-state index in [-0.39, 0.29) is 5.41 Å². The van der Waals surface area contributed by atoms with E-state index in [1.54, 1.807) is 0 Å². The highest BCUT2D eigenvalue weighted by Gasteiger charge is 2.46. The van der Waals surface area contributed by atoms with Crippen LogP contribution in [0.5, 0.6) is 0 Å². The van der Waals surface area contributed by atoms with E-state index in [0.717, 1.165) is 6.42 Å². The topological polar surface area (TPSA) is 0 Å². The van der Waals surface area contributed by atoms with Gasteiger partial charge in [0, 0.05) is 0 Å². The molecular formula is C32H22. The average molecular weight is 407 g/mol. The minimum Gasteiger partial charge on any atom is -0.0622 e. The second-order valence-corrected chi connectivity index (χ2v) is 8.92. The van der Waals surface area contributed by atoms with Gasteiger partial charge in [0.25, 0.3) is 0 Å². The quantitative estimate of drug-likeness (QED) is 0.277. The number of hydrogen-bond acceptors (Lipinski definition) is 0. The van der Waals surface area contributed by atoms with Crippen LogP contribution in [0.25, 0.3) is 22.3 Å². The minimum absolute atomic E-state index is 0.307. The van der Waals surface area contributed by atoms with Crippen molar-refractivity contribution in [2.75, 3.05) is 0 Å². The maximum Gasteiger partial charge on any atom is 0.0713 e. The lowest BCUT2D eigenvalue weighted by atomic mass is 9.67. The fourth-order valence-corrected chi connectivity index (χ4v) is 6.07. The van der Waals surface area contributed by atoms with E-state index in [0.29, 0.717) is 0 Å². The van der Waals surface area contributed by atoms with Gasteiger partial charge < -0.3 is 0 Å². The van der Waals surface area contributed by atoms with Crippen LogP contribution in [-0.2, 0) is 11.8 Å². The third kappa shape index (κ3) is 2.22. The summed E-state index contributed by atoms with van der Waals surface area (Å²) < 4.78 is 0. The van der Waals surface area contributed by atoms with E-state index in [1.807, 2.05) is 0 Å². The Morgan fingerprint density at radius 3 is 1.72 bits per heavy atom. The van der Waals surface area contributed by atoms with Crippen LogP contribution in [0.1, 0.15) is 33.4 Å². The first-order valence-electron chi connectivity index (χ1n) is 11.3. The molecule has 0 radical (unpaired) electrons. The van der Waals surface area contributed by atoms with E-state index in [2.05, 4.69) is 121 Å². The van der Waals surface area contributed by atoms with E-state index >= 15 is 0 Å². The summed E-state index contributed by atoms with van der Waals surface area (Å²) in [4.78, 5) is 0. The van der Waals surface area contributed by atoms with Gasteiger partial charge in [0.1, 0.15) is 0 Å². The standard InChI is InChI=1S/C32H22/c1-3-12-24(13-4-1)32(25-14-5-2-6-15-25)30-18-10-9-17-27(30)29-21-28-23(20-31(29)32)19-22-11-7-8-16-26(22)28/h1-18,20-21H,19H2. The molecule has 0 heteroatoms. The van der Waals surface area contributed by atoms with Crippen molar-refractivity contribution in [1.29, 1.82) is 0 Å². The molecule has 2 aliphatic carbocycles. The van der Waals surface area contributed by atoms with Crippen molar-refractivity contribution in [3.8, 4) is 22.3 Å². The molecule has 0 fully saturated rings. The molecule has 0 heterocycles. The first-order chi connectivity index (χ1) is 15.9. The van der Waals surface area contributed by atoms with Crippen molar-refractivity contribution in [3.63, 3.8) is 0 Å². The van der Waals surface area contributed by atoms with Gasteiger partial charge in [-0.3, -0.25) is 0 Å². The Hall–Kier alpha value is -3.90. The molecule has 0 saturated carbocycles. The Morgan fingerprint density at radius 1 is 0.406 bits per heavy atom. The summed E-state index contributed by atoms with van der Waals surface area (Å²) in [5, 5.41) is 0. The SMILES string of the molecule is c1ccc(C2(c3ccccc3)c3ccccc3-c3cc4c(cc32)Cc2ccccc2-4)cc1. The first-order valence-corrected chi connectivity index (χ1v) is 11.3. The van der Waals surface area contributed by atoms with Gasteiger partial charge in [0.2, 0.25) is 0 Å². The molecule has 0 spiro atoms. The third-order valence-electron chi connectivity index (χ3n) is 7.37. The normalized spacial score (nSPS) is 14.4. The number of benzene rings is 5. The van der Waals surface area contributed by atoms with Crippen LogP contribution in [-0.4, -0.2) is 0 Å². The molecule has 32 heavy (non-hydrogen) atoms. The predicted octanol–water partition coefficient (Wildman–Crippen LogP) is 7.62. The highest BCUT2D eigenvalue weighted by Crippen LogP contribution is 2.57. The van der Waals surface area contributed by atoms with Crippen molar-refractivity contribution in [2.24, 2.45) is 0 Å². The second kappa shape index (κ2) is 6.55. The van der Waals surface area contributed by atoms with Crippen LogP contribution in [0, 0.1) is 0 Å². The number of hydrogen-bond donors (Lipinski definition) is 0. The van der Waals surface area contributed by atoms with Crippen molar-refractivity contribution < 1.29 is 0 Å². The molecule has 150 valence electrons. The molecule has 5 aromatic rings. The van der Waals surface area contributed by atoms with Crippen molar-refractivity contribution >= 4 is 0 Å². The lowest BCUT2D eigenvalue weighted by Gasteiger charge is -2.34. The summed E-state index contributed by atoms with van der Waals surface area (Å²) >= 11 is 0. The van der Waals surface area contributed by atoms with E-state index in [4.69, 9.17) is 0 Å². The zero-order valence-corrected chi connectivity index (χ0v) is 17.8. The first kappa shape index (κ1) is 17.7. The number of fused-ring (bicyclic) bond motifs is 6. The summed E-state index contributed by atoms with van der Waals surface area (Å²) in [6.45, 7) is 0. The Morgan fingerprint density at radius 2 is 1.00 bits per heavy atom. The Bertz CT molecular complexity index is 1440. The minimum atomic E-state index is -0.307. The summed E-state index contributed by atoms with van der Waals surface area (Å²) in [5.74, 6) is 0. The molecule has 0 N–H and O–H groups in total. The molecule has 0 nitrogen and oxygen atoms in total. The smallest absolute Gasteiger partial charge is 0.0622 e. The maximum atomic E-state index is 2.50. The third-order valence-corrected chi connectivity index (χ3v) is 7.37. The Balaban J connectivity index is 1.62. The van der Waals surface area contributed by atoms with Crippen molar-refractivity contribution in [2.45, 2.75) is 11.8 Å². The maximum absolute atomic E-state index is 2.50. The summed E-state index contributed by atoms with van der Waals surface area (Å²) in [5.41, 5.74) is 13.5. The predicted molar refractivity (Wildman–Crippen MR) is 132 cm³/mol. The van der Waals surface area contributed by atoms with Crippen molar-refractivity contribution in [3.05, 3.63) is 155 Å². The van der Waals surface area contributed by atoms with Gasteiger partial charge in [-0.25, -0.2) is 0 Å². The van der Waals surface area contributed by atoms with E-state index in [1.165, 1.54) is 55.6 Å². The molecule has 0 amide bonds. The molecule has 7 rings (SSSR count). The Labute approximate surface area is 188 Å². The molecule has 0 saturated heterocycles. The van der Waals surface area contributed by atoms with E-state index < -0.39 is 0 Å². The second-order valence-electron chi connectivity index (χ2n) is 8.92. The van der Waals surface area contributed by atoms with Crippen LogP contribution in [0.3, 0.4) is 0 Å². The molecule has 0 atom stereocenters. The zero-order chi connectivity index (χ0) is 21.1. The van der Waals surface area contributed by atoms with Gasteiger partial charge in [-0.1, -0.05) is 115 Å². The molecule has 0 bridgehead atoms. The molecule has 0 aromatic heterocycles. The van der Waals surface area contributed by atoms with Gasteiger partial charge in [-0.05, 0) is 68.1 Å². The summed E-state index contributed by atoms with van der Waals surface area (Å²) in [6.07, 6.45) is 1.01. The van der Waals surface area contributed by atoms with Crippen LogP contribution >= 0.6 is 0 Å².